The van der Waals surface area contributed by atoms with E-state index in [4.69, 9.17) is 29.2 Å². The third kappa shape index (κ3) is 12.1. The molecule has 178 valence electrons. The Morgan fingerprint density at radius 2 is 1.26 bits per heavy atom. The van der Waals surface area contributed by atoms with Crippen LogP contribution in [0.2, 0.25) is 0 Å². The highest BCUT2D eigenvalue weighted by Crippen LogP contribution is 2.14. The van der Waals surface area contributed by atoms with Crippen LogP contribution >= 0.6 is 0 Å². The fourth-order valence-corrected chi connectivity index (χ4v) is 2.85. The van der Waals surface area contributed by atoms with Gasteiger partial charge in [0.25, 0.3) is 0 Å². The minimum Gasteiger partial charge on any atom is -0.394 e. The molecule has 1 amide bonds. The quantitative estimate of drug-likeness (QED) is 0.297. The highest BCUT2D eigenvalue weighted by molar-refractivity contribution is 5.96. The molecule has 2 N–H and O–H groups in total. The van der Waals surface area contributed by atoms with Crippen LogP contribution in [0.5, 0.6) is 0 Å². The maximum absolute atomic E-state index is 13.0. The van der Waals surface area contributed by atoms with E-state index in [0.717, 1.165) is 5.69 Å². The number of aliphatic hydroxyl groups is 2. The number of carbonyl (C=O) groups excluding carboxylic acids is 1. The Morgan fingerprint density at radius 1 is 0.806 bits per heavy atom. The van der Waals surface area contributed by atoms with Gasteiger partial charge >= 0.3 is 0 Å². The molecule has 0 saturated heterocycles. The number of likely N-dealkylation sites (N-methyl/N-ethyl adjacent to an activating group) is 1. The third-order valence-corrected chi connectivity index (χ3v) is 4.64. The SMILES string of the molecule is CC(C(=O)N(C)c1ccccc1)N(CCOCCOCCO)CCOCCOCCO. The highest BCUT2D eigenvalue weighted by atomic mass is 16.5. The van der Waals surface area contributed by atoms with Crippen molar-refractivity contribution in [3.63, 3.8) is 0 Å². The van der Waals surface area contributed by atoms with E-state index in [9.17, 15) is 4.79 Å². The van der Waals surface area contributed by atoms with Crippen LogP contribution in [0, 0.1) is 0 Å². The van der Waals surface area contributed by atoms with Crippen molar-refractivity contribution < 1.29 is 34.0 Å². The number of amides is 1. The van der Waals surface area contributed by atoms with Gasteiger partial charge in [0.15, 0.2) is 0 Å². The Hall–Kier alpha value is -1.59. The summed E-state index contributed by atoms with van der Waals surface area (Å²) in [6.45, 7) is 6.21. The van der Waals surface area contributed by atoms with Crippen LogP contribution in [0.1, 0.15) is 6.92 Å². The second-order valence-electron chi connectivity index (χ2n) is 6.84. The molecular weight excluding hydrogens is 404 g/mol. The molecule has 9 heteroatoms. The predicted molar refractivity (Wildman–Crippen MR) is 118 cm³/mol. The van der Waals surface area contributed by atoms with E-state index in [1.807, 2.05) is 42.2 Å². The molecule has 0 radical (unpaired) electrons. The van der Waals surface area contributed by atoms with Crippen molar-refractivity contribution in [2.75, 3.05) is 91.1 Å². The van der Waals surface area contributed by atoms with Crippen molar-refractivity contribution in [2.24, 2.45) is 0 Å². The van der Waals surface area contributed by atoms with Crippen molar-refractivity contribution in [3.8, 4) is 0 Å². The van der Waals surface area contributed by atoms with Gasteiger partial charge in [-0.05, 0) is 19.1 Å². The minimum atomic E-state index is -0.353. The van der Waals surface area contributed by atoms with Crippen molar-refractivity contribution >= 4 is 11.6 Å². The molecule has 0 aliphatic carbocycles. The van der Waals surface area contributed by atoms with E-state index in [-0.39, 0.29) is 25.2 Å². The van der Waals surface area contributed by atoms with Crippen LogP contribution in [0.4, 0.5) is 5.69 Å². The molecule has 0 spiro atoms. The average molecular weight is 443 g/mol. The summed E-state index contributed by atoms with van der Waals surface area (Å²) in [5.41, 5.74) is 0.842. The summed E-state index contributed by atoms with van der Waals surface area (Å²) in [6.07, 6.45) is 0. The molecule has 0 heterocycles. The molecular formula is C22H38N2O7. The summed E-state index contributed by atoms with van der Waals surface area (Å²) >= 11 is 0. The normalized spacial score (nSPS) is 12.3. The lowest BCUT2D eigenvalue weighted by atomic mass is 10.2. The molecule has 0 aromatic heterocycles. The summed E-state index contributed by atoms with van der Waals surface area (Å²) in [5, 5.41) is 17.4. The number of ether oxygens (including phenoxy) is 4. The smallest absolute Gasteiger partial charge is 0.243 e. The van der Waals surface area contributed by atoms with Crippen LogP contribution in [0.25, 0.3) is 0 Å². The average Bonchev–Trinajstić information content (AvgIpc) is 2.80. The zero-order valence-electron chi connectivity index (χ0n) is 18.8. The van der Waals surface area contributed by atoms with Crippen molar-refractivity contribution in [1.82, 2.24) is 4.90 Å². The number of hydrogen-bond acceptors (Lipinski definition) is 8. The second kappa shape index (κ2) is 18.0. The van der Waals surface area contributed by atoms with Crippen LogP contribution in [-0.2, 0) is 23.7 Å². The number of nitrogens with zero attached hydrogens (tertiary/aromatic N) is 2. The van der Waals surface area contributed by atoms with Crippen LogP contribution < -0.4 is 4.90 Å². The van der Waals surface area contributed by atoms with Gasteiger partial charge in [0.1, 0.15) is 0 Å². The van der Waals surface area contributed by atoms with Gasteiger partial charge in [-0.25, -0.2) is 0 Å². The summed E-state index contributed by atoms with van der Waals surface area (Å²) in [4.78, 5) is 16.7. The van der Waals surface area contributed by atoms with Gasteiger partial charge in [-0.2, -0.15) is 0 Å². The Labute approximate surface area is 185 Å². The topological polar surface area (TPSA) is 101 Å². The maximum atomic E-state index is 13.0. The molecule has 1 atom stereocenters. The molecule has 0 bridgehead atoms. The van der Waals surface area contributed by atoms with Crippen LogP contribution in [0.15, 0.2) is 30.3 Å². The van der Waals surface area contributed by atoms with E-state index in [0.29, 0.717) is 65.9 Å². The van der Waals surface area contributed by atoms with E-state index in [1.54, 1.807) is 11.9 Å². The first-order valence-electron chi connectivity index (χ1n) is 10.7. The van der Waals surface area contributed by atoms with Crippen molar-refractivity contribution in [2.45, 2.75) is 13.0 Å². The Kier molecular flexibility index (Phi) is 16.0. The van der Waals surface area contributed by atoms with Crippen molar-refractivity contribution in [1.29, 1.82) is 0 Å². The van der Waals surface area contributed by atoms with Gasteiger partial charge in [-0.1, -0.05) is 18.2 Å². The first-order chi connectivity index (χ1) is 15.1. The molecule has 1 rings (SSSR count). The van der Waals surface area contributed by atoms with Gasteiger partial charge in [-0.15, -0.1) is 0 Å². The van der Waals surface area contributed by atoms with E-state index in [1.165, 1.54) is 0 Å². The third-order valence-electron chi connectivity index (χ3n) is 4.64. The number of rotatable bonds is 19. The number of hydrogen-bond donors (Lipinski definition) is 2. The molecule has 31 heavy (non-hydrogen) atoms. The minimum absolute atomic E-state index is 0.00657. The predicted octanol–water partition coefficient (Wildman–Crippen LogP) is 0.391. The molecule has 1 aromatic rings. The summed E-state index contributed by atoms with van der Waals surface area (Å²) in [7, 11) is 1.77. The zero-order chi connectivity index (χ0) is 22.7. The standard InChI is InChI=1S/C22H38N2O7/c1-20(22(27)23(2)21-6-4-3-5-7-21)24(8-12-28-16-18-30-14-10-25)9-13-29-17-19-31-15-11-26/h3-7,20,25-26H,8-19H2,1-2H3. The molecule has 0 saturated carbocycles. The maximum Gasteiger partial charge on any atom is 0.243 e. The number of carbonyl (C=O) groups is 1. The molecule has 1 aromatic carbocycles. The van der Waals surface area contributed by atoms with E-state index >= 15 is 0 Å². The largest absolute Gasteiger partial charge is 0.394 e. The van der Waals surface area contributed by atoms with Gasteiger partial charge in [0.05, 0.1) is 72.1 Å². The van der Waals surface area contributed by atoms with E-state index in [2.05, 4.69) is 0 Å². The molecule has 0 fully saturated rings. The molecule has 0 aliphatic heterocycles. The first kappa shape index (κ1) is 27.4. The van der Waals surface area contributed by atoms with Gasteiger partial charge < -0.3 is 34.1 Å². The lowest BCUT2D eigenvalue weighted by Gasteiger charge is -2.31. The van der Waals surface area contributed by atoms with Crippen LogP contribution in [-0.4, -0.2) is 113 Å². The van der Waals surface area contributed by atoms with Gasteiger partial charge in [-0.3, -0.25) is 9.69 Å². The summed E-state index contributed by atoms with van der Waals surface area (Å²) < 4.78 is 21.6. The fraction of sp³-hybridized carbons (Fsp3) is 0.682. The fourth-order valence-electron chi connectivity index (χ4n) is 2.85. The molecule has 1 unspecified atom stereocenters. The lowest BCUT2D eigenvalue weighted by Crippen LogP contribution is -2.48. The monoisotopic (exact) mass is 442 g/mol. The van der Waals surface area contributed by atoms with Crippen LogP contribution in [0.3, 0.4) is 0 Å². The Bertz CT molecular complexity index is 544. The van der Waals surface area contributed by atoms with Crippen molar-refractivity contribution in [3.05, 3.63) is 30.3 Å². The summed E-state index contributed by atoms with van der Waals surface area (Å²) in [5.74, 6) is -0.0104. The summed E-state index contributed by atoms with van der Waals surface area (Å²) in [6, 6.07) is 9.18. The first-order valence-corrected chi connectivity index (χ1v) is 10.7. The molecule has 0 aliphatic rings. The Balaban J connectivity index is 2.51. The van der Waals surface area contributed by atoms with Gasteiger partial charge in [0.2, 0.25) is 5.91 Å². The Morgan fingerprint density at radius 3 is 1.71 bits per heavy atom. The number of benzene rings is 1. The van der Waals surface area contributed by atoms with E-state index < -0.39 is 0 Å². The highest BCUT2D eigenvalue weighted by Gasteiger charge is 2.24. The number of para-hydroxylation sites is 1. The zero-order valence-corrected chi connectivity index (χ0v) is 18.8. The number of anilines is 1. The second-order valence-corrected chi connectivity index (χ2v) is 6.84. The number of aliphatic hydroxyl groups excluding tert-OH is 2. The lowest BCUT2D eigenvalue weighted by molar-refractivity contribution is -0.123. The van der Waals surface area contributed by atoms with Gasteiger partial charge in [0, 0.05) is 25.8 Å². The molecule has 9 nitrogen and oxygen atoms in total.